The van der Waals surface area contributed by atoms with Crippen molar-refractivity contribution in [1.29, 1.82) is 0 Å². The summed E-state index contributed by atoms with van der Waals surface area (Å²) in [6.07, 6.45) is 0. The van der Waals surface area contributed by atoms with E-state index in [1.807, 2.05) is 5.38 Å². The Morgan fingerprint density at radius 1 is 1.40 bits per heavy atom. The fourth-order valence-electron chi connectivity index (χ4n) is 1.62. The van der Waals surface area contributed by atoms with Crippen LogP contribution in [0.1, 0.15) is 36.8 Å². The molecule has 0 saturated carbocycles. The highest BCUT2D eigenvalue weighted by atomic mass is 35.5. The van der Waals surface area contributed by atoms with E-state index in [4.69, 9.17) is 17.3 Å². The molecule has 106 valence electrons. The van der Waals surface area contributed by atoms with Crippen LogP contribution in [-0.2, 0) is 5.41 Å². The number of nitrogen functional groups attached to an aromatic ring is 1. The van der Waals surface area contributed by atoms with Crippen molar-refractivity contribution in [2.24, 2.45) is 0 Å². The minimum Gasteiger partial charge on any atom is -0.398 e. The van der Waals surface area contributed by atoms with Gasteiger partial charge in [-0.05, 0) is 12.1 Å². The molecule has 0 fully saturated rings. The number of halogens is 1. The lowest BCUT2D eigenvalue weighted by molar-refractivity contribution is 0.102. The molecule has 2 rings (SSSR count). The van der Waals surface area contributed by atoms with Gasteiger partial charge >= 0.3 is 0 Å². The third kappa shape index (κ3) is 3.11. The summed E-state index contributed by atoms with van der Waals surface area (Å²) < 4.78 is 0. The molecule has 0 atom stereocenters. The maximum atomic E-state index is 12.2. The first-order valence-corrected chi connectivity index (χ1v) is 7.36. The van der Waals surface area contributed by atoms with Gasteiger partial charge in [0, 0.05) is 16.5 Å². The van der Waals surface area contributed by atoms with E-state index >= 15 is 0 Å². The van der Waals surface area contributed by atoms with E-state index in [9.17, 15) is 4.79 Å². The highest BCUT2D eigenvalue weighted by molar-refractivity contribution is 7.14. The molecule has 3 N–H and O–H groups in total. The van der Waals surface area contributed by atoms with Gasteiger partial charge in [-0.3, -0.25) is 10.1 Å². The summed E-state index contributed by atoms with van der Waals surface area (Å²) in [6.45, 7) is 6.21. The fourth-order valence-corrected chi connectivity index (χ4v) is 2.82. The van der Waals surface area contributed by atoms with Crippen LogP contribution in [0.25, 0.3) is 0 Å². The van der Waals surface area contributed by atoms with Crippen molar-refractivity contribution >= 4 is 39.7 Å². The predicted molar refractivity (Wildman–Crippen MR) is 84.6 cm³/mol. The number of hydrogen-bond donors (Lipinski definition) is 2. The van der Waals surface area contributed by atoms with E-state index < -0.39 is 0 Å². The number of carbonyl (C=O) groups is 1. The van der Waals surface area contributed by atoms with Crippen molar-refractivity contribution in [1.82, 2.24) is 4.98 Å². The Kier molecular flexibility index (Phi) is 4.01. The second-order valence-corrected chi connectivity index (χ2v) is 6.71. The van der Waals surface area contributed by atoms with Gasteiger partial charge in [0.05, 0.1) is 16.3 Å². The van der Waals surface area contributed by atoms with Crippen LogP contribution in [0.15, 0.2) is 23.6 Å². The second-order valence-electron chi connectivity index (χ2n) is 5.45. The number of aromatic nitrogens is 1. The number of carbonyl (C=O) groups excluding carboxylic acids is 1. The number of hydrogen-bond acceptors (Lipinski definition) is 4. The SMILES string of the molecule is CC(C)(C)c1csc(NC(=O)c2c(N)cccc2Cl)n1. The Morgan fingerprint density at radius 3 is 2.65 bits per heavy atom. The Labute approximate surface area is 127 Å². The largest absolute Gasteiger partial charge is 0.398 e. The molecule has 0 aliphatic carbocycles. The van der Waals surface area contributed by atoms with Crippen molar-refractivity contribution in [3.05, 3.63) is 39.9 Å². The Bertz CT molecular complexity index is 626. The van der Waals surface area contributed by atoms with Crippen LogP contribution < -0.4 is 11.1 Å². The first kappa shape index (κ1) is 14.8. The van der Waals surface area contributed by atoms with E-state index in [1.165, 1.54) is 11.3 Å². The number of nitrogens with two attached hydrogens (primary N) is 1. The lowest BCUT2D eigenvalue weighted by Crippen LogP contribution is -2.16. The van der Waals surface area contributed by atoms with E-state index in [0.29, 0.717) is 15.8 Å². The highest BCUT2D eigenvalue weighted by Crippen LogP contribution is 2.28. The Balaban J connectivity index is 2.22. The minimum atomic E-state index is -0.345. The van der Waals surface area contributed by atoms with Crippen LogP contribution in [0.5, 0.6) is 0 Å². The van der Waals surface area contributed by atoms with E-state index in [2.05, 4.69) is 31.1 Å². The first-order chi connectivity index (χ1) is 9.29. The van der Waals surface area contributed by atoms with Crippen LogP contribution in [0.3, 0.4) is 0 Å². The van der Waals surface area contributed by atoms with Gasteiger partial charge in [0.1, 0.15) is 0 Å². The molecule has 6 heteroatoms. The molecular formula is C14H16ClN3OS. The van der Waals surface area contributed by atoms with Gasteiger partial charge in [-0.2, -0.15) is 0 Å². The molecule has 1 aromatic carbocycles. The molecule has 0 spiro atoms. The third-order valence-electron chi connectivity index (χ3n) is 2.77. The standard InChI is InChI=1S/C14H16ClN3OS/c1-14(2,3)10-7-20-13(17-10)18-12(19)11-8(15)5-4-6-9(11)16/h4-7H,16H2,1-3H3,(H,17,18,19). The lowest BCUT2D eigenvalue weighted by atomic mass is 9.93. The summed E-state index contributed by atoms with van der Waals surface area (Å²) in [5, 5.41) is 5.54. The van der Waals surface area contributed by atoms with Gasteiger partial charge in [0.25, 0.3) is 5.91 Å². The summed E-state index contributed by atoms with van der Waals surface area (Å²) in [5.41, 5.74) is 7.30. The molecule has 1 amide bonds. The van der Waals surface area contributed by atoms with Gasteiger partial charge in [-0.25, -0.2) is 4.98 Å². The molecule has 0 unspecified atom stereocenters. The molecule has 0 saturated heterocycles. The van der Waals surface area contributed by atoms with Gasteiger partial charge in [-0.15, -0.1) is 11.3 Å². The molecule has 20 heavy (non-hydrogen) atoms. The van der Waals surface area contributed by atoms with Crippen molar-refractivity contribution < 1.29 is 4.79 Å². The van der Waals surface area contributed by atoms with E-state index in [1.54, 1.807) is 18.2 Å². The number of thiazole rings is 1. The first-order valence-electron chi connectivity index (χ1n) is 6.10. The number of nitrogens with one attached hydrogen (secondary N) is 1. The van der Waals surface area contributed by atoms with Gasteiger partial charge < -0.3 is 5.73 Å². The van der Waals surface area contributed by atoms with Crippen molar-refractivity contribution in [3.63, 3.8) is 0 Å². The zero-order valence-corrected chi connectivity index (χ0v) is 13.1. The number of amides is 1. The van der Waals surface area contributed by atoms with E-state index in [-0.39, 0.29) is 16.9 Å². The maximum absolute atomic E-state index is 12.2. The lowest BCUT2D eigenvalue weighted by Gasteiger charge is -2.14. The summed E-state index contributed by atoms with van der Waals surface area (Å²) in [6, 6.07) is 4.98. The normalized spacial score (nSPS) is 11.4. The van der Waals surface area contributed by atoms with E-state index in [0.717, 1.165) is 5.69 Å². The van der Waals surface area contributed by atoms with Crippen LogP contribution in [0, 0.1) is 0 Å². The molecule has 1 aromatic heterocycles. The monoisotopic (exact) mass is 309 g/mol. The number of nitrogens with zero attached hydrogens (tertiary/aromatic N) is 1. The molecular weight excluding hydrogens is 294 g/mol. The summed E-state index contributed by atoms with van der Waals surface area (Å²) in [7, 11) is 0. The van der Waals surface area contributed by atoms with Crippen molar-refractivity contribution in [3.8, 4) is 0 Å². The number of anilines is 2. The number of rotatable bonds is 2. The van der Waals surface area contributed by atoms with Crippen molar-refractivity contribution in [2.75, 3.05) is 11.1 Å². The topological polar surface area (TPSA) is 68.0 Å². The average molecular weight is 310 g/mol. The minimum absolute atomic E-state index is 0.0527. The average Bonchev–Trinajstić information content (AvgIpc) is 2.76. The quantitative estimate of drug-likeness (QED) is 0.826. The molecule has 2 aromatic rings. The van der Waals surface area contributed by atoms with Crippen LogP contribution in [0.4, 0.5) is 10.8 Å². The Hall–Kier alpha value is -1.59. The van der Waals surface area contributed by atoms with Gasteiger partial charge in [-0.1, -0.05) is 38.4 Å². The molecule has 1 heterocycles. The van der Waals surface area contributed by atoms with Crippen LogP contribution in [0.2, 0.25) is 5.02 Å². The highest BCUT2D eigenvalue weighted by Gasteiger charge is 2.19. The summed E-state index contributed by atoms with van der Waals surface area (Å²) in [5.74, 6) is -0.345. The maximum Gasteiger partial charge on any atom is 0.261 e. The smallest absolute Gasteiger partial charge is 0.261 e. The van der Waals surface area contributed by atoms with Gasteiger partial charge in [0.2, 0.25) is 0 Å². The third-order valence-corrected chi connectivity index (χ3v) is 3.84. The molecule has 0 bridgehead atoms. The van der Waals surface area contributed by atoms with Crippen LogP contribution in [-0.4, -0.2) is 10.9 Å². The van der Waals surface area contributed by atoms with Crippen LogP contribution >= 0.6 is 22.9 Å². The fraction of sp³-hybridized carbons (Fsp3) is 0.286. The zero-order chi connectivity index (χ0) is 14.9. The van der Waals surface area contributed by atoms with Crippen molar-refractivity contribution in [2.45, 2.75) is 26.2 Å². The zero-order valence-electron chi connectivity index (χ0n) is 11.5. The number of benzene rings is 1. The Morgan fingerprint density at radius 2 is 2.10 bits per heavy atom. The summed E-state index contributed by atoms with van der Waals surface area (Å²) in [4.78, 5) is 16.6. The predicted octanol–water partition coefficient (Wildman–Crippen LogP) is 3.93. The molecule has 4 nitrogen and oxygen atoms in total. The summed E-state index contributed by atoms with van der Waals surface area (Å²) >= 11 is 7.39. The van der Waals surface area contributed by atoms with Gasteiger partial charge in [0.15, 0.2) is 5.13 Å². The second kappa shape index (κ2) is 5.42. The molecule has 0 aliphatic heterocycles. The molecule has 0 aliphatic rings. The molecule has 0 radical (unpaired) electrons.